The van der Waals surface area contributed by atoms with Crippen LogP contribution in [-0.4, -0.2) is 65.3 Å². The Hall–Kier alpha value is -2.88. The van der Waals surface area contributed by atoms with E-state index < -0.39 is 5.97 Å². The van der Waals surface area contributed by atoms with Gasteiger partial charge in [0, 0.05) is 50.2 Å². The van der Waals surface area contributed by atoms with Crippen LogP contribution in [0, 0.1) is 5.82 Å². The molecule has 0 unspecified atom stereocenters. The maximum atomic E-state index is 13.1. The lowest BCUT2D eigenvalue weighted by Gasteiger charge is -2.36. The van der Waals surface area contributed by atoms with E-state index >= 15 is 0 Å². The minimum atomic E-state index is -0.554. The van der Waals surface area contributed by atoms with Gasteiger partial charge in [0.2, 0.25) is 5.91 Å². The average Bonchev–Trinajstić information content (AvgIpc) is 2.74. The number of piperazine rings is 1. The Morgan fingerprint density at radius 2 is 1.90 bits per heavy atom. The van der Waals surface area contributed by atoms with E-state index in [4.69, 9.17) is 10.5 Å². The fourth-order valence-corrected chi connectivity index (χ4v) is 3.82. The number of halogens is 1. The molecule has 0 spiro atoms. The van der Waals surface area contributed by atoms with Gasteiger partial charge in [-0.3, -0.25) is 4.79 Å². The number of aromatic nitrogens is 2. The summed E-state index contributed by atoms with van der Waals surface area (Å²) in [6.45, 7) is 4.62. The van der Waals surface area contributed by atoms with E-state index in [1.165, 1.54) is 30.1 Å². The summed E-state index contributed by atoms with van der Waals surface area (Å²) in [4.78, 5) is 36.4. The molecule has 10 heteroatoms. The standard InChI is InChI=1S/C20H24FN5O3S/c1-2-29-19(28)16-13-23-20(24-18(16)22)30-12-7-17(27)26-10-8-25(9-11-26)15-5-3-14(21)4-6-15/h3-6,13H,2,7-12H2,1H3,(H2,22,23,24). The molecule has 1 aromatic carbocycles. The molecule has 160 valence electrons. The first-order valence-corrected chi connectivity index (χ1v) is 10.7. The third kappa shape index (κ3) is 5.59. The zero-order valence-electron chi connectivity index (χ0n) is 16.7. The minimum Gasteiger partial charge on any atom is -0.462 e. The lowest BCUT2D eigenvalue weighted by molar-refractivity contribution is -0.131. The van der Waals surface area contributed by atoms with E-state index in [9.17, 15) is 14.0 Å². The van der Waals surface area contributed by atoms with Crippen molar-refractivity contribution >= 4 is 35.1 Å². The van der Waals surface area contributed by atoms with Crippen LogP contribution in [0.4, 0.5) is 15.9 Å². The van der Waals surface area contributed by atoms with Gasteiger partial charge in [0.1, 0.15) is 17.2 Å². The van der Waals surface area contributed by atoms with Crippen LogP contribution in [0.15, 0.2) is 35.6 Å². The second kappa shape index (κ2) is 10.2. The second-order valence-corrected chi connectivity index (χ2v) is 7.68. The highest BCUT2D eigenvalue weighted by Crippen LogP contribution is 2.20. The minimum absolute atomic E-state index is 0.0641. The zero-order chi connectivity index (χ0) is 21.5. The highest BCUT2D eigenvalue weighted by atomic mass is 32.2. The summed E-state index contributed by atoms with van der Waals surface area (Å²) in [5.74, 6) is -0.172. The van der Waals surface area contributed by atoms with Gasteiger partial charge in [-0.05, 0) is 31.2 Å². The molecule has 0 radical (unpaired) electrons. The number of hydrogen-bond acceptors (Lipinski definition) is 8. The normalized spacial score (nSPS) is 13.9. The number of ether oxygens (including phenoxy) is 1. The number of nitrogens with two attached hydrogens (primary N) is 1. The van der Waals surface area contributed by atoms with Gasteiger partial charge in [0.15, 0.2) is 5.16 Å². The van der Waals surface area contributed by atoms with E-state index in [0.29, 0.717) is 43.5 Å². The molecule has 0 aliphatic carbocycles. The van der Waals surface area contributed by atoms with Crippen LogP contribution in [0.3, 0.4) is 0 Å². The van der Waals surface area contributed by atoms with Crippen molar-refractivity contribution in [1.82, 2.24) is 14.9 Å². The molecule has 2 N–H and O–H groups in total. The Balaban J connectivity index is 1.43. The molecular formula is C20H24FN5O3S. The van der Waals surface area contributed by atoms with Crippen LogP contribution in [0.2, 0.25) is 0 Å². The van der Waals surface area contributed by atoms with Crippen molar-refractivity contribution in [2.75, 3.05) is 49.2 Å². The van der Waals surface area contributed by atoms with Gasteiger partial charge >= 0.3 is 5.97 Å². The lowest BCUT2D eigenvalue weighted by atomic mass is 10.2. The third-order valence-corrected chi connectivity index (χ3v) is 5.53. The number of thioether (sulfide) groups is 1. The highest BCUT2D eigenvalue weighted by Gasteiger charge is 2.21. The van der Waals surface area contributed by atoms with Gasteiger partial charge < -0.3 is 20.3 Å². The largest absolute Gasteiger partial charge is 0.462 e. The number of nitrogen functional groups attached to an aromatic ring is 1. The quantitative estimate of drug-likeness (QED) is 0.403. The third-order valence-electron chi connectivity index (χ3n) is 4.66. The number of amides is 1. The number of carbonyl (C=O) groups is 2. The van der Waals surface area contributed by atoms with E-state index in [1.807, 2.05) is 4.90 Å². The Morgan fingerprint density at radius 3 is 2.53 bits per heavy atom. The summed E-state index contributed by atoms with van der Waals surface area (Å²) >= 11 is 1.31. The zero-order valence-corrected chi connectivity index (χ0v) is 17.5. The van der Waals surface area contributed by atoms with Crippen molar-refractivity contribution in [3.63, 3.8) is 0 Å². The van der Waals surface area contributed by atoms with Gasteiger partial charge in [-0.25, -0.2) is 19.2 Å². The molecule has 2 heterocycles. The molecule has 1 aliphatic heterocycles. The molecular weight excluding hydrogens is 409 g/mol. The van der Waals surface area contributed by atoms with Gasteiger partial charge in [0.05, 0.1) is 6.61 Å². The smallest absolute Gasteiger partial charge is 0.343 e. The van der Waals surface area contributed by atoms with Crippen molar-refractivity contribution in [2.45, 2.75) is 18.5 Å². The Morgan fingerprint density at radius 1 is 1.20 bits per heavy atom. The molecule has 0 bridgehead atoms. The SMILES string of the molecule is CCOC(=O)c1cnc(SCCC(=O)N2CCN(c3ccc(F)cc3)CC2)nc1N. The molecule has 1 aliphatic rings. The van der Waals surface area contributed by atoms with Gasteiger partial charge in [-0.1, -0.05) is 11.8 Å². The lowest BCUT2D eigenvalue weighted by Crippen LogP contribution is -2.48. The highest BCUT2D eigenvalue weighted by molar-refractivity contribution is 7.99. The maximum absolute atomic E-state index is 13.1. The fourth-order valence-electron chi connectivity index (χ4n) is 3.07. The van der Waals surface area contributed by atoms with Crippen molar-refractivity contribution in [1.29, 1.82) is 0 Å². The van der Waals surface area contributed by atoms with Crippen molar-refractivity contribution in [2.24, 2.45) is 0 Å². The van der Waals surface area contributed by atoms with E-state index in [1.54, 1.807) is 19.1 Å². The van der Waals surface area contributed by atoms with Gasteiger partial charge in [-0.2, -0.15) is 0 Å². The first-order valence-electron chi connectivity index (χ1n) is 9.68. The fraction of sp³-hybridized carbons (Fsp3) is 0.400. The number of anilines is 2. The predicted octanol–water partition coefficient (Wildman–Crippen LogP) is 2.21. The van der Waals surface area contributed by atoms with Crippen LogP contribution < -0.4 is 10.6 Å². The number of nitrogens with zero attached hydrogens (tertiary/aromatic N) is 4. The summed E-state index contributed by atoms with van der Waals surface area (Å²) < 4.78 is 18.0. The van der Waals surface area contributed by atoms with Gasteiger partial charge in [0.25, 0.3) is 0 Å². The molecule has 3 rings (SSSR count). The molecule has 0 atom stereocenters. The first kappa shape index (κ1) is 21.8. The van der Waals surface area contributed by atoms with Crippen LogP contribution in [-0.2, 0) is 9.53 Å². The molecule has 1 amide bonds. The second-order valence-electron chi connectivity index (χ2n) is 6.61. The number of esters is 1. The summed E-state index contributed by atoms with van der Waals surface area (Å²) in [5.41, 5.74) is 6.90. The summed E-state index contributed by atoms with van der Waals surface area (Å²) in [6, 6.07) is 6.39. The monoisotopic (exact) mass is 433 g/mol. The van der Waals surface area contributed by atoms with E-state index in [0.717, 1.165) is 5.69 Å². The summed E-state index contributed by atoms with van der Waals surface area (Å²) in [6.07, 6.45) is 1.70. The molecule has 1 aromatic heterocycles. The van der Waals surface area contributed by atoms with Crippen LogP contribution in [0.25, 0.3) is 0 Å². The molecule has 0 saturated carbocycles. The van der Waals surface area contributed by atoms with E-state index in [-0.39, 0.29) is 29.7 Å². The number of carbonyl (C=O) groups excluding carboxylic acids is 2. The van der Waals surface area contributed by atoms with Crippen molar-refractivity contribution < 1.29 is 18.7 Å². The molecule has 1 fully saturated rings. The Labute approximate surface area is 178 Å². The molecule has 30 heavy (non-hydrogen) atoms. The van der Waals surface area contributed by atoms with Crippen LogP contribution in [0.5, 0.6) is 0 Å². The molecule has 2 aromatic rings. The van der Waals surface area contributed by atoms with Crippen molar-refractivity contribution in [3.05, 3.63) is 41.8 Å². The molecule has 1 saturated heterocycles. The van der Waals surface area contributed by atoms with Crippen molar-refractivity contribution in [3.8, 4) is 0 Å². The maximum Gasteiger partial charge on any atom is 0.343 e. The molecule has 8 nitrogen and oxygen atoms in total. The van der Waals surface area contributed by atoms with E-state index in [2.05, 4.69) is 14.9 Å². The average molecular weight is 434 g/mol. The first-order chi connectivity index (χ1) is 14.5. The Bertz CT molecular complexity index is 889. The number of benzene rings is 1. The number of hydrogen-bond donors (Lipinski definition) is 1. The predicted molar refractivity (Wildman–Crippen MR) is 113 cm³/mol. The number of rotatable bonds is 7. The Kier molecular flexibility index (Phi) is 7.45. The topological polar surface area (TPSA) is 102 Å². The summed E-state index contributed by atoms with van der Waals surface area (Å²) in [7, 11) is 0. The van der Waals surface area contributed by atoms with Gasteiger partial charge in [-0.15, -0.1) is 0 Å². The van der Waals surface area contributed by atoms with Crippen LogP contribution in [0.1, 0.15) is 23.7 Å². The summed E-state index contributed by atoms with van der Waals surface area (Å²) in [5, 5.41) is 0.412. The van der Waals surface area contributed by atoms with Crippen LogP contribution >= 0.6 is 11.8 Å².